The Labute approximate surface area is 138 Å². The number of alkyl carbamates (subject to hydrolysis) is 1. The van der Waals surface area contributed by atoms with Gasteiger partial charge in [-0.3, -0.25) is 4.79 Å². The van der Waals surface area contributed by atoms with Gasteiger partial charge >= 0.3 is 6.09 Å². The van der Waals surface area contributed by atoms with Crippen molar-refractivity contribution in [2.24, 2.45) is 0 Å². The topological polar surface area (TPSA) is 58.6 Å². The van der Waals surface area contributed by atoms with Gasteiger partial charge in [0, 0.05) is 13.1 Å². The fraction of sp³-hybridized carbons (Fsp3) is 0.556. The first-order valence-electron chi connectivity index (χ1n) is 8.20. The molecule has 0 aromatic heterocycles. The van der Waals surface area contributed by atoms with Crippen LogP contribution in [-0.4, -0.2) is 35.6 Å². The molecule has 1 aliphatic heterocycles. The number of carbonyl (C=O) groups is 2. The number of rotatable bonds is 3. The van der Waals surface area contributed by atoms with E-state index < -0.39 is 17.7 Å². The lowest BCUT2D eigenvalue weighted by atomic mass is 10.0. The van der Waals surface area contributed by atoms with Gasteiger partial charge in [-0.25, -0.2) is 4.79 Å². The second-order valence-electron chi connectivity index (χ2n) is 6.88. The summed E-state index contributed by atoms with van der Waals surface area (Å²) < 4.78 is 5.31. The minimum absolute atomic E-state index is 0.0678. The predicted octanol–water partition coefficient (Wildman–Crippen LogP) is 3.26. The molecule has 0 saturated carbocycles. The molecular weight excluding hydrogens is 292 g/mol. The molecule has 5 heteroatoms. The Morgan fingerprint density at radius 2 is 1.70 bits per heavy atom. The third-order valence-electron chi connectivity index (χ3n) is 3.71. The molecule has 2 amide bonds. The van der Waals surface area contributed by atoms with Gasteiger partial charge in [-0.2, -0.15) is 0 Å². The number of piperidine rings is 1. The van der Waals surface area contributed by atoms with Gasteiger partial charge in [-0.05, 0) is 45.6 Å². The van der Waals surface area contributed by atoms with Crippen molar-refractivity contribution >= 4 is 12.0 Å². The molecule has 1 heterocycles. The maximum Gasteiger partial charge on any atom is 0.408 e. The second kappa shape index (κ2) is 7.49. The van der Waals surface area contributed by atoms with Gasteiger partial charge in [0.25, 0.3) is 0 Å². The van der Waals surface area contributed by atoms with Crippen molar-refractivity contribution < 1.29 is 14.3 Å². The van der Waals surface area contributed by atoms with Crippen LogP contribution in [0.1, 0.15) is 51.6 Å². The van der Waals surface area contributed by atoms with Crippen molar-refractivity contribution in [3.05, 3.63) is 35.9 Å². The number of benzene rings is 1. The van der Waals surface area contributed by atoms with Crippen LogP contribution in [0.25, 0.3) is 0 Å². The molecule has 1 fully saturated rings. The molecule has 1 aromatic rings. The van der Waals surface area contributed by atoms with E-state index in [0.29, 0.717) is 0 Å². The molecule has 0 bridgehead atoms. The number of amides is 2. The summed E-state index contributed by atoms with van der Waals surface area (Å²) in [5.74, 6) is -0.0678. The summed E-state index contributed by atoms with van der Waals surface area (Å²) in [6.45, 7) is 6.90. The lowest BCUT2D eigenvalue weighted by Gasteiger charge is -2.31. The van der Waals surface area contributed by atoms with E-state index in [1.54, 1.807) is 20.8 Å². The third-order valence-corrected chi connectivity index (χ3v) is 3.71. The standard InChI is InChI=1S/C18H26N2O3/c1-18(2,3)23-17(22)19-15(14-10-6-4-7-11-14)16(21)20-12-8-5-9-13-20/h4,6-7,10-11,15H,5,8-9,12-13H2,1-3H3,(H,19,22)/t15-/m1/s1. The van der Waals surface area contributed by atoms with Crippen molar-refractivity contribution in [1.82, 2.24) is 10.2 Å². The van der Waals surface area contributed by atoms with Crippen LogP contribution in [-0.2, 0) is 9.53 Å². The van der Waals surface area contributed by atoms with E-state index in [2.05, 4.69) is 5.32 Å². The first-order valence-corrected chi connectivity index (χ1v) is 8.20. The SMILES string of the molecule is CC(C)(C)OC(=O)N[C@@H](C(=O)N1CCCCC1)c1ccccc1. The highest BCUT2D eigenvalue weighted by molar-refractivity contribution is 5.87. The molecule has 0 radical (unpaired) electrons. The lowest BCUT2D eigenvalue weighted by molar-refractivity contribution is -0.134. The summed E-state index contributed by atoms with van der Waals surface area (Å²) in [5, 5.41) is 2.73. The molecule has 0 unspecified atom stereocenters. The zero-order valence-corrected chi connectivity index (χ0v) is 14.2. The normalized spacial score (nSPS) is 16.6. The molecule has 1 saturated heterocycles. The smallest absolute Gasteiger partial charge is 0.408 e. The molecule has 5 nitrogen and oxygen atoms in total. The van der Waals surface area contributed by atoms with Gasteiger partial charge in [0.05, 0.1) is 0 Å². The number of nitrogens with one attached hydrogen (secondary N) is 1. The first-order chi connectivity index (χ1) is 10.9. The zero-order valence-electron chi connectivity index (χ0n) is 14.2. The van der Waals surface area contributed by atoms with Gasteiger partial charge in [0.15, 0.2) is 0 Å². The van der Waals surface area contributed by atoms with Crippen molar-refractivity contribution in [1.29, 1.82) is 0 Å². The van der Waals surface area contributed by atoms with Crippen molar-refractivity contribution in [3.8, 4) is 0 Å². The highest BCUT2D eigenvalue weighted by Crippen LogP contribution is 2.20. The van der Waals surface area contributed by atoms with Crippen LogP contribution in [0.3, 0.4) is 0 Å². The average molecular weight is 318 g/mol. The molecule has 1 N–H and O–H groups in total. The summed E-state index contributed by atoms with van der Waals surface area (Å²) in [5.41, 5.74) is 0.174. The van der Waals surface area contributed by atoms with Gasteiger partial charge < -0.3 is 15.0 Å². The number of hydrogen-bond donors (Lipinski definition) is 1. The van der Waals surface area contributed by atoms with E-state index in [-0.39, 0.29) is 5.91 Å². The predicted molar refractivity (Wildman–Crippen MR) is 89.0 cm³/mol. The van der Waals surface area contributed by atoms with Gasteiger partial charge in [0.2, 0.25) is 5.91 Å². The third kappa shape index (κ3) is 5.27. The molecule has 1 atom stereocenters. The van der Waals surface area contributed by atoms with Crippen LogP contribution in [0, 0.1) is 0 Å². The molecule has 2 rings (SSSR count). The summed E-state index contributed by atoms with van der Waals surface area (Å²) >= 11 is 0. The molecule has 1 aromatic carbocycles. The number of hydrogen-bond acceptors (Lipinski definition) is 3. The molecule has 23 heavy (non-hydrogen) atoms. The number of likely N-dealkylation sites (tertiary alicyclic amines) is 1. The fourth-order valence-corrected chi connectivity index (χ4v) is 2.66. The average Bonchev–Trinajstić information content (AvgIpc) is 2.52. The molecule has 0 spiro atoms. The summed E-state index contributed by atoms with van der Waals surface area (Å²) in [4.78, 5) is 26.8. The van der Waals surface area contributed by atoms with Gasteiger partial charge in [-0.15, -0.1) is 0 Å². The van der Waals surface area contributed by atoms with Crippen molar-refractivity contribution in [2.75, 3.05) is 13.1 Å². The highest BCUT2D eigenvalue weighted by atomic mass is 16.6. The maximum atomic E-state index is 12.9. The second-order valence-corrected chi connectivity index (χ2v) is 6.88. The summed E-state index contributed by atoms with van der Waals surface area (Å²) in [6.07, 6.45) is 2.61. The quantitative estimate of drug-likeness (QED) is 0.930. The van der Waals surface area contributed by atoms with Crippen LogP contribution >= 0.6 is 0 Å². The minimum atomic E-state index is -0.704. The Kier molecular flexibility index (Phi) is 5.64. The van der Waals surface area contributed by atoms with Crippen LogP contribution in [0.4, 0.5) is 4.79 Å². The molecular formula is C18H26N2O3. The zero-order chi connectivity index (χ0) is 16.9. The van der Waals surface area contributed by atoms with Crippen LogP contribution in [0.5, 0.6) is 0 Å². The Bertz CT molecular complexity index is 531. The van der Waals surface area contributed by atoms with Crippen LogP contribution in [0.15, 0.2) is 30.3 Å². The summed E-state index contributed by atoms with van der Waals surface area (Å²) in [7, 11) is 0. The number of nitrogens with zero attached hydrogens (tertiary/aromatic N) is 1. The Balaban J connectivity index is 2.15. The monoisotopic (exact) mass is 318 g/mol. The Morgan fingerprint density at radius 1 is 1.09 bits per heavy atom. The van der Waals surface area contributed by atoms with Gasteiger partial charge in [0.1, 0.15) is 11.6 Å². The Morgan fingerprint density at radius 3 is 2.26 bits per heavy atom. The van der Waals surface area contributed by atoms with E-state index >= 15 is 0 Å². The van der Waals surface area contributed by atoms with E-state index in [0.717, 1.165) is 37.9 Å². The maximum absolute atomic E-state index is 12.9. The van der Waals surface area contributed by atoms with E-state index in [1.807, 2.05) is 35.2 Å². The first kappa shape index (κ1) is 17.3. The molecule has 0 aliphatic carbocycles. The Hall–Kier alpha value is -2.04. The number of carbonyl (C=O) groups excluding carboxylic acids is 2. The van der Waals surface area contributed by atoms with Crippen molar-refractivity contribution in [3.63, 3.8) is 0 Å². The largest absolute Gasteiger partial charge is 0.444 e. The van der Waals surface area contributed by atoms with Crippen molar-refractivity contribution in [2.45, 2.75) is 51.7 Å². The van der Waals surface area contributed by atoms with E-state index in [1.165, 1.54) is 0 Å². The number of ether oxygens (including phenoxy) is 1. The molecule has 1 aliphatic rings. The van der Waals surface area contributed by atoms with E-state index in [9.17, 15) is 9.59 Å². The molecule has 126 valence electrons. The fourth-order valence-electron chi connectivity index (χ4n) is 2.66. The van der Waals surface area contributed by atoms with Gasteiger partial charge in [-0.1, -0.05) is 30.3 Å². The van der Waals surface area contributed by atoms with E-state index in [4.69, 9.17) is 4.74 Å². The van der Waals surface area contributed by atoms with Crippen LogP contribution in [0.2, 0.25) is 0 Å². The summed E-state index contributed by atoms with van der Waals surface area (Å²) in [6, 6.07) is 8.61. The highest BCUT2D eigenvalue weighted by Gasteiger charge is 2.29. The minimum Gasteiger partial charge on any atom is -0.444 e. The lowest BCUT2D eigenvalue weighted by Crippen LogP contribution is -2.46. The van der Waals surface area contributed by atoms with Crippen LogP contribution < -0.4 is 5.32 Å².